The zero-order valence-corrected chi connectivity index (χ0v) is 8.36. The number of carbonyl (C=O) groups excluding carboxylic acids is 1. The first-order chi connectivity index (χ1) is 6.72. The molecule has 78 valence electrons. The largest absolute Gasteiger partial charge is 0.354 e. The van der Waals surface area contributed by atoms with Crippen LogP contribution in [0.2, 0.25) is 0 Å². The van der Waals surface area contributed by atoms with Gasteiger partial charge in [0, 0.05) is 12.7 Å². The lowest BCUT2D eigenvalue weighted by Gasteiger charge is -2.03. The molecule has 0 aliphatic carbocycles. The highest BCUT2D eigenvalue weighted by molar-refractivity contribution is 5.75. The summed E-state index contributed by atoms with van der Waals surface area (Å²) in [5, 5.41) is 6.78. The van der Waals surface area contributed by atoms with E-state index in [1.54, 1.807) is 10.9 Å². The molecule has 0 bridgehead atoms. The van der Waals surface area contributed by atoms with Gasteiger partial charge in [-0.2, -0.15) is 5.10 Å². The first-order valence-corrected chi connectivity index (χ1v) is 4.68. The lowest BCUT2D eigenvalue weighted by atomic mass is 10.4. The van der Waals surface area contributed by atoms with Crippen LogP contribution in [0.5, 0.6) is 0 Å². The van der Waals surface area contributed by atoms with Crippen LogP contribution >= 0.6 is 0 Å². The molecule has 0 saturated heterocycles. The Labute approximate surface area is 83.3 Å². The van der Waals surface area contributed by atoms with Gasteiger partial charge in [0.1, 0.15) is 6.54 Å². The van der Waals surface area contributed by atoms with Gasteiger partial charge in [-0.05, 0) is 25.5 Å². The summed E-state index contributed by atoms with van der Waals surface area (Å²) in [7, 11) is 0. The summed E-state index contributed by atoms with van der Waals surface area (Å²) in [6.45, 7) is 3.45. The summed E-state index contributed by atoms with van der Waals surface area (Å²) < 4.78 is 1.62. The van der Waals surface area contributed by atoms with Crippen molar-refractivity contribution in [3.8, 4) is 0 Å². The minimum Gasteiger partial charge on any atom is -0.354 e. The van der Waals surface area contributed by atoms with Crippen LogP contribution in [0.4, 0.5) is 0 Å². The van der Waals surface area contributed by atoms with Crippen LogP contribution in [-0.4, -0.2) is 28.8 Å². The van der Waals surface area contributed by atoms with Crippen LogP contribution < -0.4 is 11.1 Å². The third-order valence-electron chi connectivity index (χ3n) is 1.77. The van der Waals surface area contributed by atoms with E-state index in [1.165, 1.54) is 0 Å². The van der Waals surface area contributed by atoms with Crippen molar-refractivity contribution in [3.05, 3.63) is 18.0 Å². The zero-order valence-electron chi connectivity index (χ0n) is 8.36. The van der Waals surface area contributed by atoms with Crippen molar-refractivity contribution in [2.75, 3.05) is 13.1 Å². The molecule has 0 fully saturated rings. The Morgan fingerprint density at radius 1 is 1.71 bits per heavy atom. The molecule has 0 saturated carbocycles. The molecule has 0 radical (unpaired) electrons. The van der Waals surface area contributed by atoms with Gasteiger partial charge in [0.05, 0.1) is 6.20 Å². The molecule has 0 atom stereocenters. The molecule has 3 N–H and O–H groups in total. The summed E-state index contributed by atoms with van der Waals surface area (Å²) >= 11 is 0. The second kappa shape index (κ2) is 5.39. The number of rotatable bonds is 5. The van der Waals surface area contributed by atoms with E-state index in [-0.39, 0.29) is 12.5 Å². The predicted molar refractivity (Wildman–Crippen MR) is 53.6 cm³/mol. The van der Waals surface area contributed by atoms with E-state index in [1.807, 2.05) is 13.1 Å². The highest BCUT2D eigenvalue weighted by Crippen LogP contribution is 1.93. The average molecular weight is 196 g/mol. The molecule has 1 amide bonds. The summed E-state index contributed by atoms with van der Waals surface area (Å²) in [6, 6.07) is 0. The van der Waals surface area contributed by atoms with E-state index < -0.39 is 0 Å². The topological polar surface area (TPSA) is 72.9 Å². The normalized spacial score (nSPS) is 10.1. The van der Waals surface area contributed by atoms with E-state index in [4.69, 9.17) is 5.73 Å². The summed E-state index contributed by atoms with van der Waals surface area (Å²) in [5.74, 6) is -0.0263. The minimum absolute atomic E-state index is 0.0263. The van der Waals surface area contributed by atoms with Crippen molar-refractivity contribution in [3.63, 3.8) is 0 Å². The van der Waals surface area contributed by atoms with Crippen LogP contribution in [0.3, 0.4) is 0 Å². The number of hydrogen-bond donors (Lipinski definition) is 2. The number of nitrogens with one attached hydrogen (secondary N) is 1. The molecule has 5 nitrogen and oxygen atoms in total. The summed E-state index contributed by atoms with van der Waals surface area (Å²) in [4.78, 5) is 11.3. The van der Waals surface area contributed by atoms with E-state index in [9.17, 15) is 4.79 Å². The second-order valence-corrected chi connectivity index (χ2v) is 3.21. The van der Waals surface area contributed by atoms with Gasteiger partial charge < -0.3 is 11.1 Å². The number of aromatic nitrogens is 2. The van der Waals surface area contributed by atoms with Gasteiger partial charge in [-0.25, -0.2) is 0 Å². The first kappa shape index (κ1) is 10.7. The van der Waals surface area contributed by atoms with Gasteiger partial charge >= 0.3 is 0 Å². The van der Waals surface area contributed by atoms with E-state index in [0.717, 1.165) is 12.0 Å². The van der Waals surface area contributed by atoms with Gasteiger partial charge in [0.2, 0.25) is 5.91 Å². The monoisotopic (exact) mass is 196 g/mol. The molecule has 0 unspecified atom stereocenters. The van der Waals surface area contributed by atoms with E-state index >= 15 is 0 Å². The predicted octanol–water partition coefficient (Wildman–Crippen LogP) is -0.343. The van der Waals surface area contributed by atoms with Gasteiger partial charge in [-0.15, -0.1) is 0 Å². The lowest BCUT2D eigenvalue weighted by molar-refractivity contribution is -0.121. The lowest BCUT2D eigenvalue weighted by Crippen LogP contribution is -2.29. The molecule has 1 rings (SSSR count). The second-order valence-electron chi connectivity index (χ2n) is 3.21. The van der Waals surface area contributed by atoms with Gasteiger partial charge in [-0.1, -0.05) is 0 Å². The first-order valence-electron chi connectivity index (χ1n) is 4.68. The Morgan fingerprint density at radius 2 is 2.50 bits per heavy atom. The molecule has 1 aromatic rings. The maximum absolute atomic E-state index is 11.3. The Morgan fingerprint density at radius 3 is 3.07 bits per heavy atom. The molecule has 0 spiro atoms. The third kappa shape index (κ3) is 3.57. The van der Waals surface area contributed by atoms with E-state index in [2.05, 4.69) is 10.4 Å². The quantitative estimate of drug-likeness (QED) is 0.633. The molecule has 0 aliphatic rings. The number of hydrogen-bond acceptors (Lipinski definition) is 3. The summed E-state index contributed by atoms with van der Waals surface area (Å²) in [5.41, 5.74) is 6.36. The van der Waals surface area contributed by atoms with Crippen molar-refractivity contribution < 1.29 is 4.79 Å². The third-order valence-corrected chi connectivity index (χ3v) is 1.77. The molecule has 14 heavy (non-hydrogen) atoms. The summed E-state index contributed by atoms with van der Waals surface area (Å²) in [6.07, 6.45) is 4.37. The standard InChI is InChI=1S/C9H16N4O/c1-8-5-12-13(6-8)7-9(14)11-4-2-3-10/h5-6H,2-4,7,10H2,1H3,(H,11,14). The van der Waals surface area contributed by atoms with Crippen LogP contribution in [0.1, 0.15) is 12.0 Å². The molecule has 0 aliphatic heterocycles. The average Bonchev–Trinajstić information content (AvgIpc) is 2.52. The highest BCUT2D eigenvalue weighted by Gasteiger charge is 2.01. The fraction of sp³-hybridized carbons (Fsp3) is 0.556. The molecular formula is C9H16N4O. The van der Waals surface area contributed by atoms with Crippen molar-refractivity contribution in [1.82, 2.24) is 15.1 Å². The Hall–Kier alpha value is -1.36. The van der Waals surface area contributed by atoms with Gasteiger partial charge in [0.25, 0.3) is 0 Å². The molecule has 1 aromatic heterocycles. The maximum Gasteiger partial charge on any atom is 0.241 e. The fourth-order valence-electron chi connectivity index (χ4n) is 1.09. The Balaban J connectivity index is 2.27. The maximum atomic E-state index is 11.3. The number of nitrogens with zero attached hydrogens (tertiary/aromatic N) is 2. The van der Waals surface area contributed by atoms with Crippen LogP contribution in [0, 0.1) is 6.92 Å². The molecule has 5 heteroatoms. The van der Waals surface area contributed by atoms with Crippen LogP contribution in [0.15, 0.2) is 12.4 Å². The Kier molecular flexibility index (Phi) is 4.12. The van der Waals surface area contributed by atoms with Crippen LogP contribution in [-0.2, 0) is 11.3 Å². The van der Waals surface area contributed by atoms with E-state index in [0.29, 0.717) is 13.1 Å². The van der Waals surface area contributed by atoms with Crippen molar-refractivity contribution in [1.29, 1.82) is 0 Å². The fourth-order valence-corrected chi connectivity index (χ4v) is 1.09. The molecular weight excluding hydrogens is 180 g/mol. The smallest absolute Gasteiger partial charge is 0.241 e. The molecule has 1 heterocycles. The number of carbonyl (C=O) groups is 1. The number of nitrogens with two attached hydrogens (primary N) is 1. The number of amides is 1. The van der Waals surface area contributed by atoms with Crippen molar-refractivity contribution in [2.24, 2.45) is 5.73 Å². The zero-order chi connectivity index (χ0) is 10.4. The SMILES string of the molecule is Cc1cnn(CC(=O)NCCCN)c1. The van der Waals surface area contributed by atoms with Crippen molar-refractivity contribution >= 4 is 5.91 Å². The Bertz CT molecular complexity index is 295. The minimum atomic E-state index is -0.0263. The van der Waals surface area contributed by atoms with Gasteiger partial charge in [0.15, 0.2) is 0 Å². The van der Waals surface area contributed by atoms with Crippen molar-refractivity contribution in [2.45, 2.75) is 19.9 Å². The molecule has 0 aromatic carbocycles. The highest BCUT2D eigenvalue weighted by atomic mass is 16.2. The van der Waals surface area contributed by atoms with Gasteiger partial charge in [-0.3, -0.25) is 9.48 Å². The number of aryl methyl sites for hydroxylation is 1. The van der Waals surface area contributed by atoms with Crippen LogP contribution in [0.25, 0.3) is 0 Å².